The molecule has 1 fully saturated rings. The fourth-order valence-corrected chi connectivity index (χ4v) is 2.50. The average molecular weight is 265 g/mol. The third-order valence-corrected chi connectivity index (χ3v) is 4.27. The number of hydrogen-bond donors (Lipinski definition) is 3. The number of carbonyl (C=O) groups excluding carboxylic acids is 1. The van der Waals surface area contributed by atoms with Crippen LogP contribution in [0.25, 0.3) is 0 Å². The Morgan fingerprint density at radius 3 is 3.00 bits per heavy atom. The molecule has 18 heavy (non-hydrogen) atoms. The smallest absolute Gasteiger partial charge is 0.263 e. The molecule has 5 heteroatoms. The monoisotopic (exact) mass is 265 g/mol. The Morgan fingerprint density at radius 2 is 2.39 bits per heavy atom. The van der Waals surface area contributed by atoms with Gasteiger partial charge in [-0.15, -0.1) is 17.9 Å². The molecule has 1 heterocycles. The molecular weight excluding hydrogens is 246 g/mol. The van der Waals surface area contributed by atoms with Crippen LogP contribution in [0.5, 0.6) is 0 Å². The third-order valence-electron chi connectivity index (χ3n) is 3.17. The molecule has 98 valence electrons. The molecule has 1 saturated carbocycles. The van der Waals surface area contributed by atoms with Crippen LogP contribution in [0.4, 0.5) is 10.7 Å². The Balaban J connectivity index is 1.97. The van der Waals surface area contributed by atoms with Crippen molar-refractivity contribution in [2.75, 3.05) is 24.1 Å². The van der Waals surface area contributed by atoms with Crippen LogP contribution >= 0.6 is 11.3 Å². The van der Waals surface area contributed by atoms with Gasteiger partial charge in [0.05, 0.1) is 10.7 Å². The largest absolute Gasteiger partial charge is 0.397 e. The van der Waals surface area contributed by atoms with Crippen molar-refractivity contribution in [3.05, 3.63) is 23.6 Å². The van der Waals surface area contributed by atoms with Crippen LogP contribution in [-0.4, -0.2) is 19.0 Å². The molecule has 0 spiro atoms. The Morgan fingerprint density at radius 1 is 1.67 bits per heavy atom. The molecule has 1 aromatic rings. The van der Waals surface area contributed by atoms with Crippen LogP contribution in [0.2, 0.25) is 0 Å². The zero-order valence-corrected chi connectivity index (χ0v) is 11.4. The summed E-state index contributed by atoms with van der Waals surface area (Å²) in [7, 11) is 0. The number of carbonyl (C=O) groups is 1. The lowest BCUT2D eigenvalue weighted by Gasteiger charge is -2.08. The molecule has 0 radical (unpaired) electrons. The predicted octanol–water partition coefficient (Wildman–Crippen LogP) is 2.46. The zero-order valence-electron chi connectivity index (χ0n) is 10.6. The summed E-state index contributed by atoms with van der Waals surface area (Å²) in [5.41, 5.74) is 6.82. The first-order valence-corrected chi connectivity index (χ1v) is 6.88. The number of nitrogens with two attached hydrogens (primary N) is 1. The minimum atomic E-state index is -0.136. The average Bonchev–Trinajstić information content (AvgIpc) is 2.95. The SMILES string of the molecule is C=CCNC(=O)c1sc(NCC2(C)CC2)cc1N. The number of rotatable bonds is 6. The highest BCUT2D eigenvalue weighted by atomic mass is 32.1. The highest BCUT2D eigenvalue weighted by Crippen LogP contribution is 2.45. The molecule has 0 aliphatic heterocycles. The van der Waals surface area contributed by atoms with Gasteiger partial charge in [-0.25, -0.2) is 0 Å². The fraction of sp³-hybridized carbons (Fsp3) is 0.462. The number of thiophene rings is 1. The lowest BCUT2D eigenvalue weighted by atomic mass is 10.1. The molecule has 0 bridgehead atoms. The molecule has 4 N–H and O–H groups in total. The van der Waals surface area contributed by atoms with Crippen LogP contribution in [-0.2, 0) is 0 Å². The van der Waals surface area contributed by atoms with Crippen molar-refractivity contribution >= 4 is 27.9 Å². The predicted molar refractivity (Wildman–Crippen MR) is 77.1 cm³/mol. The van der Waals surface area contributed by atoms with E-state index in [1.165, 1.54) is 24.2 Å². The minimum Gasteiger partial charge on any atom is -0.397 e. The van der Waals surface area contributed by atoms with E-state index in [9.17, 15) is 4.79 Å². The topological polar surface area (TPSA) is 67.2 Å². The molecule has 1 aliphatic rings. The third kappa shape index (κ3) is 3.04. The van der Waals surface area contributed by atoms with Crippen molar-refractivity contribution in [3.63, 3.8) is 0 Å². The zero-order chi connectivity index (χ0) is 13.2. The lowest BCUT2D eigenvalue weighted by Crippen LogP contribution is -2.22. The van der Waals surface area contributed by atoms with E-state index < -0.39 is 0 Å². The summed E-state index contributed by atoms with van der Waals surface area (Å²) in [4.78, 5) is 12.4. The molecule has 1 amide bonds. The number of amides is 1. The lowest BCUT2D eigenvalue weighted by molar-refractivity contribution is 0.0963. The number of hydrogen-bond acceptors (Lipinski definition) is 4. The molecule has 0 aromatic carbocycles. The van der Waals surface area contributed by atoms with Gasteiger partial charge in [-0.2, -0.15) is 0 Å². The van der Waals surface area contributed by atoms with Crippen LogP contribution in [0.3, 0.4) is 0 Å². The first-order valence-electron chi connectivity index (χ1n) is 6.06. The van der Waals surface area contributed by atoms with Gasteiger partial charge < -0.3 is 16.4 Å². The summed E-state index contributed by atoms with van der Waals surface area (Å²) in [5, 5.41) is 7.05. The maximum Gasteiger partial charge on any atom is 0.263 e. The van der Waals surface area contributed by atoms with E-state index in [2.05, 4.69) is 24.1 Å². The molecule has 0 atom stereocenters. The van der Waals surface area contributed by atoms with Gasteiger partial charge in [-0.05, 0) is 24.3 Å². The van der Waals surface area contributed by atoms with E-state index in [4.69, 9.17) is 5.73 Å². The van der Waals surface area contributed by atoms with Gasteiger partial charge in [-0.3, -0.25) is 4.79 Å². The fourth-order valence-electron chi connectivity index (χ4n) is 1.61. The van der Waals surface area contributed by atoms with Gasteiger partial charge in [0, 0.05) is 13.1 Å². The summed E-state index contributed by atoms with van der Waals surface area (Å²) in [6.07, 6.45) is 4.19. The van der Waals surface area contributed by atoms with Gasteiger partial charge in [0.2, 0.25) is 0 Å². The van der Waals surface area contributed by atoms with Gasteiger partial charge in [0.15, 0.2) is 0 Å². The van der Waals surface area contributed by atoms with Crippen molar-refractivity contribution in [3.8, 4) is 0 Å². The van der Waals surface area contributed by atoms with Crippen molar-refractivity contribution in [1.82, 2.24) is 5.32 Å². The van der Waals surface area contributed by atoms with Crippen LogP contribution in [0.1, 0.15) is 29.4 Å². The summed E-state index contributed by atoms with van der Waals surface area (Å²) < 4.78 is 0. The summed E-state index contributed by atoms with van der Waals surface area (Å²) >= 11 is 1.40. The number of anilines is 2. The van der Waals surface area contributed by atoms with E-state index in [-0.39, 0.29) is 5.91 Å². The molecule has 2 rings (SSSR count). The highest BCUT2D eigenvalue weighted by molar-refractivity contribution is 7.18. The van der Waals surface area contributed by atoms with Crippen molar-refractivity contribution in [2.24, 2.45) is 5.41 Å². The second-order valence-corrected chi connectivity index (χ2v) is 6.11. The maximum absolute atomic E-state index is 11.8. The van der Waals surface area contributed by atoms with Gasteiger partial charge in [0.25, 0.3) is 5.91 Å². The number of nitrogens with one attached hydrogen (secondary N) is 2. The number of nitrogen functional groups attached to an aromatic ring is 1. The van der Waals surface area contributed by atoms with Crippen LogP contribution in [0.15, 0.2) is 18.7 Å². The van der Waals surface area contributed by atoms with E-state index in [0.717, 1.165) is 11.5 Å². The molecule has 1 aliphatic carbocycles. The standard InChI is InChI=1S/C13H19N3OS/c1-3-6-15-12(17)11-9(14)7-10(18-11)16-8-13(2)4-5-13/h3,7,16H,1,4-6,8,14H2,2H3,(H,15,17). The molecular formula is C13H19N3OS. The van der Waals surface area contributed by atoms with E-state index in [1.807, 2.05) is 6.07 Å². The summed E-state index contributed by atoms with van der Waals surface area (Å²) in [5.74, 6) is -0.136. The van der Waals surface area contributed by atoms with Crippen LogP contribution < -0.4 is 16.4 Å². The molecule has 1 aromatic heterocycles. The molecule has 4 nitrogen and oxygen atoms in total. The van der Waals surface area contributed by atoms with Gasteiger partial charge in [0.1, 0.15) is 4.88 Å². The van der Waals surface area contributed by atoms with E-state index in [0.29, 0.717) is 22.5 Å². The Kier molecular flexibility index (Phi) is 3.61. The van der Waals surface area contributed by atoms with Crippen molar-refractivity contribution in [2.45, 2.75) is 19.8 Å². The Bertz CT molecular complexity index is 463. The second kappa shape index (κ2) is 5.02. The first-order chi connectivity index (χ1) is 8.54. The summed E-state index contributed by atoms with van der Waals surface area (Å²) in [6, 6.07) is 1.83. The molecule has 0 unspecified atom stereocenters. The minimum absolute atomic E-state index is 0.136. The van der Waals surface area contributed by atoms with Gasteiger partial charge >= 0.3 is 0 Å². The summed E-state index contributed by atoms with van der Waals surface area (Å²) in [6.45, 7) is 7.22. The normalized spacial score (nSPS) is 16.1. The first kappa shape index (κ1) is 13.0. The quantitative estimate of drug-likeness (QED) is 0.692. The Hall–Kier alpha value is -1.49. The van der Waals surface area contributed by atoms with E-state index >= 15 is 0 Å². The van der Waals surface area contributed by atoms with E-state index in [1.54, 1.807) is 6.08 Å². The molecule has 0 saturated heterocycles. The van der Waals surface area contributed by atoms with Crippen molar-refractivity contribution in [1.29, 1.82) is 0 Å². The van der Waals surface area contributed by atoms with Crippen molar-refractivity contribution < 1.29 is 4.79 Å². The Labute approximate surface area is 111 Å². The second-order valence-electron chi connectivity index (χ2n) is 5.06. The maximum atomic E-state index is 11.8. The highest BCUT2D eigenvalue weighted by Gasteiger charge is 2.36. The van der Waals surface area contributed by atoms with Gasteiger partial charge in [-0.1, -0.05) is 13.0 Å². The van der Waals surface area contributed by atoms with Crippen LogP contribution in [0, 0.1) is 5.41 Å².